The SMILES string of the molecule is CC(C)n1nccc1-c1nnc(NC(=O)c2cccc(Br)c2)o1. The zero-order valence-corrected chi connectivity index (χ0v) is 14.1. The number of carbonyl (C=O) groups is 1. The maximum absolute atomic E-state index is 12.2. The largest absolute Gasteiger partial charge is 0.401 e. The number of anilines is 1. The van der Waals surface area contributed by atoms with Crippen molar-refractivity contribution in [3.05, 3.63) is 46.6 Å². The Bertz CT molecular complexity index is 840. The van der Waals surface area contributed by atoms with Gasteiger partial charge in [0.05, 0.1) is 0 Å². The van der Waals surface area contributed by atoms with E-state index in [1.165, 1.54) is 0 Å². The summed E-state index contributed by atoms with van der Waals surface area (Å²) in [4.78, 5) is 12.2. The molecule has 2 aromatic heterocycles. The highest BCUT2D eigenvalue weighted by atomic mass is 79.9. The van der Waals surface area contributed by atoms with E-state index in [1.807, 2.05) is 19.9 Å². The van der Waals surface area contributed by atoms with Crippen LogP contribution in [0, 0.1) is 0 Å². The fourth-order valence-corrected chi connectivity index (χ4v) is 2.47. The number of carbonyl (C=O) groups excluding carboxylic acids is 1. The van der Waals surface area contributed by atoms with Gasteiger partial charge in [-0.05, 0) is 38.1 Å². The molecular formula is C15H14BrN5O2. The van der Waals surface area contributed by atoms with E-state index in [0.717, 1.165) is 4.47 Å². The van der Waals surface area contributed by atoms with Crippen molar-refractivity contribution >= 4 is 27.9 Å². The van der Waals surface area contributed by atoms with Crippen LogP contribution < -0.4 is 5.32 Å². The minimum Gasteiger partial charge on any atom is -0.401 e. The highest BCUT2D eigenvalue weighted by Crippen LogP contribution is 2.22. The minimum absolute atomic E-state index is 0.0430. The first-order valence-electron chi connectivity index (χ1n) is 6.99. The number of amides is 1. The highest BCUT2D eigenvalue weighted by Gasteiger charge is 2.16. The number of nitrogens with one attached hydrogen (secondary N) is 1. The normalized spacial score (nSPS) is 11.0. The molecule has 3 rings (SSSR count). The van der Waals surface area contributed by atoms with Crippen LogP contribution in [0.25, 0.3) is 11.6 Å². The Kier molecular flexibility index (Phi) is 4.24. The van der Waals surface area contributed by atoms with Gasteiger partial charge in [0.15, 0.2) is 0 Å². The zero-order chi connectivity index (χ0) is 16.4. The van der Waals surface area contributed by atoms with Gasteiger partial charge in [0.2, 0.25) is 0 Å². The molecule has 2 heterocycles. The molecule has 1 amide bonds. The summed E-state index contributed by atoms with van der Waals surface area (Å²) in [5.41, 5.74) is 1.20. The number of rotatable bonds is 4. The first-order chi connectivity index (χ1) is 11.0. The second kappa shape index (κ2) is 6.33. The molecule has 1 aromatic carbocycles. The lowest BCUT2D eigenvalue weighted by Crippen LogP contribution is -2.11. The Balaban J connectivity index is 1.80. The summed E-state index contributed by atoms with van der Waals surface area (Å²) in [6.07, 6.45) is 1.67. The average Bonchev–Trinajstić information content (AvgIpc) is 3.15. The van der Waals surface area contributed by atoms with E-state index >= 15 is 0 Å². The maximum atomic E-state index is 12.2. The van der Waals surface area contributed by atoms with Crippen LogP contribution in [0.15, 0.2) is 45.4 Å². The van der Waals surface area contributed by atoms with Gasteiger partial charge < -0.3 is 4.42 Å². The first kappa shape index (κ1) is 15.4. The van der Waals surface area contributed by atoms with Crippen LogP contribution in [0.3, 0.4) is 0 Å². The van der Waals surface area contributed by atoms with E-state index in [4.69, 9.17) is 4.42 Å². The minimum atomic E-state index is -0.320. The maximum Gasteiger partial charge on any atom is 0.322 e. The molecule has 8 heteroatoms. The average molecular weight is 376 g/mol. The predicted octanol–water partition coefficient (Wildman–Crippen LogP) is 3.53. The molecular weight excluding hydrogens is 362 g/mol. The van der Waals surface area contributed by atoms with Crippen LogP contribution in [0.2, 0.25) is 0 Å². The molecule has 3 aromatic rings. The van der Waals surface area contributed by atoms with Crippen molar-refractivity contribution in [1.82, 2.24) is 20.0 Å². The summed E-state index contributed by atoms with van der Waals surface area (Å²) >= 11 is 3.33. The smallest absolute Gasteiger partial charge is 0.322 e. The fourth-order valence-electron chi connectivity index (χ4n) is 2.07. The third-order valence-electron chi connectivity index (χ3n) is 3.11. The molecule has 23 heavy (non-hydrogen) atoms. The Hall–Kier alpha value is -2.48. The van der Waals surface area contributed by atoms with Gasteiger partial charge >= 0.3 is 6.01 Å². The summed E-state index contributed by atoms with van der Waals surface area (Å²) in [5, 5.41) is 14.6. The van der Waals surface area contributed by atoms with Gasteiger partial charge in [-0.1, -0.05) is 27.1 Å². The lowest BCUT2D eigenvalue weighted by Gasteiger charge is -2.07. The summed E-state index contributed by atoms with van der Waals surface area (Å²) in [6.45, 7) is 4.01. The second-order valence-electron chi connectivity index (χ2n) is 5.13. The first-order valence-corrected chi connectivity index (χ1v) is 7.78. The summed E-state index contributed by atoms with van der Waals surface area (Å²) in [6, 6.07) is 9.01. The van der Waals surface area contributed by atoms with Gasteiger partial charge in [0.1, 0.15) is 5.69 Å². The summed E-state index contributed by atoms with van der Waals surface area (Å²) in [5.74, 6) is -0.0143. The van der Waals surface area contributed by atoms with E-state index in [0.29, 0.717) is 17.1 Å². The molecule has 0 aliphatic rings. The fraction of sp³-hybridized carbons (Fsp3) is 0.200. The van der Waals surface area contributed by atoms with Crippen molar-refractivity contribution in [2.45, 2.75) is 19.9 Å². The van der Waals surface area contributed by atoms with E-state index in [-0.39, 0.29) is 18.0 Å². The molecule has 0 unspecified atom stereocenters. The predicted molar refractivity (Wildman–Crippen MR) is 88.0 cm³/mol. The van der Waals surface area contributed by atoms with Gasteiger partial charge in [-0.15, -0.1) is 5.10 Å². The monoisotopic (exact) mass is 375 g/mol. The summed E-state index contributed by atoms with van der Waals surface area (Å²) < 4.78 is 8.10. The van der Waals surface area contributed by atoms with Crippen LogP contribution in [-0.4, -0.2) is 25.9 Å². The Morgan fingerprint density at radius 2 is 2.13 bits per heavy atom. The third kappa shape index (κ3) is 3.31. The molecule has 0 aliphatic carbocycles. The van der Waals surface area contributed by atoms with Crippen molar-refractivity contribution in [3.63, 3.8) is 0 Å². The number of aromatic nitrogens is 4. The molecule has 0 radical (unpaired) electrons. The second-order valence-corrected chi connectivity index (χ2v) is 6.05. The number of hydrogen-bond acceptors (Lipinski definition) is 5. The Morgan fingerprint density at radius 3 is 2.87 bits per heavy atom. The number of benzene rings is 1. The molecule has 0 aliphatic heterocycles. The topological polar surface area (TPSA) is 85.8 Å². The molecule has 0 saturated heterocycles. The molecule has 0 bridgehead atoms. The zero-order valence-electron chi connectivity index (χ0n) is 12.5. The van der Waals surface area contributed by atoms with E-state index in [1.54, 1.807) is 35.1 Å². The molecule has 0 fully saturated rings. The van der Waals surface area contributed by atoms with Crippen molar-refractivity contribution in [2.24, 2.45) is 0 Å². The third-order valence-corrected chi connectivity index (χ3v) is 3.60. The Labute approximate surface area is 140 Å². The van der Waals surface area contributed by atoms with Crippen LogP contribution in [-0.2, 0) is 0 Å². The van der Waals surface area contributed by atoms with Crippen molar-refractivity contribution in [2.75, 3.05) is 5.32 Å². The molecule has 0 atom stereocenters. The standard InChI is InChI=1S/C15H14BrN5O2/c1-9(2)21-12(6-7-17-21)14-19-20-15(23-14)18-13(22)10-4-3-5-11(16)8-10/h3-9H,1-2H3,(H,18,20,22). The number of nitrogens with zero attached hydrogens (tertiary/aromatic N) is 4. The van der Waals surface area contributed by atoms with Crippen LogP contribution in [0.1, 0.15) is 30.2 Å². The van der Waals surface area contributed by atoms with Crippen LogP contribution >= 0.6 is 15.9 Å². The lowest BCUT2D eigenvalue weighted by molar-refractivity contribution is 0.102. The molecule has 0 saturated carbocycles. The quantitative estimate of drug-likeness (QED) is 0.753. The summed E-state index contributed by atoms with van der Waals surface area (Å²) in [7, 11) is 0. The number of halogens is 1. The van der Waals surface area contributed by atoms with Crippen molar-refractivity contribution in [1.29, 1.82) is 0 Å². The molecule has 0 spiro atoms. The van der Waals surface area contributed by atoms with Crippen molar-refractivity contribution in [3.8, 4) is 11.6 Å². The Morgan fingerprint density at radius 1 is 1.30 bits per heavy atom. The molecule has 1 N–H and O–H groups in total. The van der Waals surface area contributed by atoms with Crippen molar-refractivity contribution < 1.29 is 9.21 Å². The van der Waals surface area contributed by atoms with E-state index in [2.05, 4.69) is 36.5 Å². The van der Waals surface area contributed by atoms with E-state index < -0.39 is 0 Å². The van der Waals surface area contributed by atoms with Gasteiger partial charge in [0.25, 0.3) is 11.8 Å². The van der Waals surface area contributed by atoms with Gasteiger partial charge in [-0.3, -0.25) is 14.8 Å². The van der Waals surface area contributed by atoms with Gasteiger partial charge in [0, 0.05) is 22.3 Å². The van der Waals surface area contributed by atoms with E-state index in [9.17, 15) is 4.79 Å². The van der Waals surface area contributed by atoms with Gasteiger partial charge in [-0.2, -0.15) is 5.10 Å². The number of hydrogen-bond donors (Lipinski definition) is 1. The molecule has 118 valence electrons. The molecule has 7 nitrogen and oxygen atoms in total. The van der Waals surface area contributed by atoms with Crippen LogP contribution in [0.4, 0.5) is 6.01 Å². The van der Waals surface area contributed by atoms with Crippen LogP contribution in [0.5, 0.6) is 0 Å². The highest BCUT2D eigenvalue weighted by molar-refractivity contribution is 9.10. The lowest BCUT2D eigenvalue weighted by atomic mass is 10.2. The van der Waals surface area contributed by atoms with Gasteiger partial charge in [-0.25, -0.2) is 0 Å².